The number of rotatable bonds is 5. The van der Waals surface area contributed by atoms with Crippen molar-refractivity contribution in [3.63, 3.8) is 0 Å². The SMILES string of the molecule is CC1CCCCN1CCNC(=O)c1ccnc(-c2cccs2)c1. The molecule has 1 aliphatic rings. The van der Waals surface area contributed by atoms with Crippen molar-refractivity contribution in [2.24, 2.45) is 0 Å². The lowest BCUT2D eigenvalue weighted by molar-refractivity contribution is 0.0938. The molecule has 1 amide bonds. The van der Waals surface area contributed by atoms with Gasteiger partial charge in [0.1, 0.15) is 0 Å². The van der Waals surface area contributed by atoms with Crippen LogP contribution < -0.4 is 5.32 Å². The van der Waals surface area contributed by atoms with Gasteiger partial charge < -0.3 is 5.32 Å². The van der Waals surface area contributed by atoms with Gasteiger partial charge in [0.05, 0.1) is 10.6 Å². The fraction of sp³-hybridized carbons (Fsp3) is 0.444. The summed E-state index contributed by atoms with van der Waals surface area (Å²) in [5, 5.41) is 5.05. The van der Waals surface area contributed by atoms with Crippen LogP contribution in [0.4, 0.5) is 0 Å². The number of carbonyl (C=O) groups excluding carboxylic acids is 1. The van der Waals surface area contributed by atoms with Crippen LogP contribution in [0.15, 0.2) is 35.8 Å². The molecule has 1 unspecified atom stereocenters. The van der Waals surface area contributed by atoms with Crippen molar-refractivity contribution >= 4 is 17.2 Å². The number of hydrogen-bond acceptors (Lipinski definition) is 4. The van der Waals surface area contributed by atoms with E-state index >= 15 is 0 Å². The van der Waals surface area contributed by atoms with E-state index in [9.17, 15) is 4.79 Å². The van der Waals surface area contributed by atoms with E-state index in [0.717, 1.165) is 23.7 Å². The molecule has 0 aliphatic carbocycles. The third-order valence-electron chi connectivity index (χ3n) is 4.42. The highest BCUT2D eigenvalue weighted by Crippen LogP contribution is 2.23. The predicted octanol–water partition coefficient (Wildman–Crippen LogP) is 3.41. The standard InChI is InChI=1S/C18H23N3OS/c1-14-5-2-3-10-21(14)11-9-20-18(22)15-7-8-19-16(13-15)17-6-4-12-23-17/h4,6-8,12-14H,2-3,5,9-11H2,1H3,(H,20,22). The Morgan fingerprint density at radius 2 is 2.35 bits per heavy atom. The van der Waals surface area contributed by atoms with Crippen LogP contribution >= 0.6 is 11.3 Å². The minimum atomic E-state index is -0.0186. The van der Waals surface area contributed by atoms with Gasteiger partial charge in [-0.25, -0.2) is 0 Å². The van der Waals surface area contributed by atoms with Crippen LogP contribution in [0.3, 0.4) is 0 Å². The maximum Gasteiger partial charge on any atom is 0.251 e. The van der Waals surface area contributed by atoms with Crippen molar-refractivity contribution in [1.82, 2.24) is 15.2 Å². The number of hydrogen-bond donors (Lipinski definition) is 1. The Kier molecular flexibility index (Phi) is 5.41. The average Bonchev–Trinajstić information content (AvgIpc) is 3.11. The van der Waals surface area contributed by atoms with Gasteiger partial charge in [0.15, 0.2) is 0 Å². The lowest BCUT2D eigenvalue weighted by Crippen LogP contribution is -2.42. The van der Waals surface area contributed by atoms with Gasteiger partial charge in [-0.3, -0.25) is 14.7 Å². The first-order valence-electron chi connectivity index (χ1n) is 8.26. The second kappa shape index (κ2) is 7.70. The normalized spacial score (nSPS) is 18.7. The first kappa shape index (κ1) is 16.1. The summed E-state index contributed by atoms with van der Waals surface area (Å²) in [5.41, 5.74) is 1.53. The zero-order chi connectivity index (χ0) is 16.1. The summed E-state index contributed by atoms with van der Waals surface area (Å²) in [4.78, 5) is 20.2. The number of aromatic nitrogens is 1. The summed E-state index contributed by atoms with van der Waals surface area (Å²) in [6.45, 7) is 5.04. The van der Waals surface area contributed by atoms with E-state index in [0.29, 0.717) is 18.2 Å². The summed E-state index contributed by atoms with van der Waals surface area (Å²) < 4.78 is 0. The van der Waals surface area contributed by atoms with E-state index in [4.69, 9.17) is 0 Å². The summed E-state index contributed by atoms with van der Waals surface area (Å²) in [6, 6.07) is 8.29. The molecule has 0 radical (unpaired) electrons. The van der Waals surface area contributed by atoms with Crippen molar-refractivity contribution in [1.29, 1.82) is 0 Å². The zero-order valence-electron chi connectivity index (χ0n) is 13.5. The Morgan fingerprint density at radius 3 is 3.13 bits per heavy atom. The van der Waals surface area contributed by atoms with Crippen LogP contribution in [0.1, 0.15) is 36.5 Å². The molecule has 1 fully saturated rings. The maximum atomic E-state index is 12.3. The number of piperidine rings is 1. The lowest BCUT2D eigenvalue weighted by Gasteiger charge is -2.33. The Morgan fingerprint density at radius 1 is 1.43 bits per heavy atom. The molecular weight excluding hydrogens is 306 g/mol. The van der Waals surface area contributed by atoms with E-state index < -0.39 is 0 Å². The highest BCUT2D eigenvalue weighted by Gasteiger charge is 2.17. The molecule has 1 saturated heterocycles. The smallest absolute Gasteiger partial charge is 0.251 e. The monoisotopic (exact) mass is 329 g/mol. The van der Waals surface area contributed by atoms with Crippen LogP contribution in [-0.4, -0.2) is 41.5 Å². The number of nitrogens with one attached hydrogen (secondary N) is 1. The molecule has 0 aromatic carbocycles. The molecule has 3 rings (SSSR count). The van der Waals surface area contributed by atoms with E-state index in [2.05, 4.69) is 22.1 Å². The minimum absolute atomic E-state index is 0.0186. The van der Waals surface area contributed by atoms with Crippen LogP contribution in [0, 0.1) is 0 Å². The summed E-state index contributed by atoms with van der Waals surface area (Å²) >= 11 is 1.63. The van der Waals surface area contributed by atoms with E-state index in [1.54, 1.807) is 23.6 Å². The second-order valence-corrected chi connectivity index (χ2v) is 6.99. The topological polar surface area (TPSA) is 45.2 Å². The molecule has 2 aromatic rings. The summed E-state index contributed by atoms with van der Waals surface area (Å²) in [6.07, 6.45) is 5.57. The van der Waals surface area contributed by atoms with Crippen LogP contribution in [0.25, 0.3) is 10.6 Å². The Labute approximate surface area is 141 Å². The van der Waals surface area contributed by atoms with Crippen molar-refractivity contribution in [2.45, 2.75) is 32.2 Å². The Balaban J connectivity index is 1.55. The molecule has 3 heterocycles. The number of pyridine rings is 1. The number of likely N-dealkylation sites (tertiary alicyclic amines) is 1. The highest BCUT2D eigenvalue weighted by molar-refractivity contribution is 7.13. The number of thiophene rings is 1. The molecule has 1 atom stereocenters. The van der Waals surface area contributed by atoms with Gasteiger partial charge in [0.25, 0.3) is 5.91 Å². The molecule has 122 valence electrons. The van der Waals surface area contributed by atoms with Gasteiger partial charge in [-0.2, -0.15) is 0 Å². The molecule has 0 saturated carbocycles. The molecule has 1 N–H and O–H groups in total. The molecular formula is C18H23N3OS. The highest BCUT2D eigenvalue weighted by atomic mass is 32.1. The summed E-state index contributed by atoms with van der Waals surface area (Å²) in [7, 11) is 0. The summed E-state index contributed by atoms with van der Waals surface area (Å²) in [5.74, 6) is -0.0186. The van der Waals surface area contributed by atoms with Gasteiger partial charge in [0.2, 0.25) is 0 Å². The van der Waals surface area contributed by atoms with Gasteiger partial charge >= 0.3 is 0 Å². The number of carbonyl (C=O) groups is 1. The Hall–Kier alpha value is -1.72. The molecule has 0 spiro atoms. The average molecular weight is 329 g/mol. The Bertz CT molecular complexity index is 641. The van der Waals surface area contributed by atoms with Gasteiger partial charge in [-0.1, -0.05) is 12.5 Å². The van der Waals surface area contributed by atoms with Crippen LogP contribution in [0.5, 0.6) is 0 Å². The van der Waals surface area contributed by atoms with Crippen LogP contribution in [0.2, 0.25) is 0 Å². The number of nitrogens with zero attached hydrogens (tertiary/aromatic N) is 2. The second-order valence-electron chi connectivity index (χ2n) is 6.04. The van der Waals surface area contributed by atoms with Crippen molar-refractivity contribution in [3.05, 3.63) is 41.4 Å². The lowest BCUT2D eigenvalue weighted by atomic mass is 10.0. The largest absolute Gasteiger partial charge is 0.351 e. The van der Waals surface area contributed by atoms with E-state index in [1.165, 1.54) is 19.3 Å². The van der Waals surface area contributed by atoms with E-state index in [-0.39, 0.29) is 5.91 Å². The molecule has 4 nitrogen and oxygen atoms in total. The molecule has 5 heteroatoms. The zero-order valence-corrected chi connectivity index (χ0v) is 14.3. The van der Waals surface area contributed by atoms with Crippen molar-refractivity contribution in [3.8, 4) is 10.6 Å². The fourth-order valence-electron chi connectivity index (χ4n) is 3.04. The number of amides is 1. The molecule has 0 bridgehead atoms. The first-order chi connectivity index (χ1) is 11.2. The van der Waals surface area contributed by atoms with Gasteiger partial charge in [-0.05, 0) is 49.9 Å². The van der Waals surface area contributed by atoms with E-state index in [1.807, 2.05) is 23.6 Å². The first-order valence-corrected chi connectivity index (χ1v) is 9.14. The third-order valence-corrected chi connectivity index (χ3v) is 5.31. The molecule has 1 aliphatic heterocycles. The van der Waals surface area contributed by atoms with Crippen molar-refractivity contribution in [2.75, 3.05) is 19.6 Å². The minimum Gasteiger partial charge on any atom is -0.351 e. The predicted molar refractivity (Wildman–Crippen MR) is 94.8 cm³/mol. The van der Waals surface area contributed by atoms with Crippen LogP contribution in [-0.2, 0) is 0 Å². The quantitative estimate of drug-likeness (QED) is 0.914. The van der Waals surface area contributed by atoms with Gasteiger partial charge in [-0.15, -0.1) is 11.3 Å². The fourth-order valence-corrected chi connectivity index (χ4v) is 3.73. The molecule has 2 aromatic heterocycles. The maximum absolute atomic E-state index is 12.3. The van der Waals surface area contributed by atoms with Gasteiger partial charge in [0, 0.05) is 30.9 Å². The third kappa shape index (κ3) is 4.18. The molecule has 23 heavy (non-hydrogen) atoms. The van der Waals surface area contributed by atoms with Crippen molar-refractivity contribution < 1.29 is 4.79 Å².